The molecule has 0 N–H and O–H groups in total. The van der Waals surface area contributed by atoms with Crippen molar-refractivity contribution in [2.45, 2.75) is 17.1 Å². The van der Waals surface area contributed by atoms with Crippen LogP contribution in [-0.4, -0.2) is 10.2 Å². The van der Waals surface area contributed by atoms with Gasteiger partial charge in [0, 0.05) is 10.5 Å². The quantitative estimate of drug-likeness (QED) is 0.617. The predicted octanol–water partition coefficient (Wildman–Crippen LogP) is 5.24. The summed E-state index contributed by atoms with van der Waals surface area (Å²) in [5.41, 5.74) is 0.922. The smallest absolute Gasteiger partial charge is 0.247 e. The van der Waals surface area contributed by atoms with Gasteiger partial charge in [-0.15, -0.1) is 22.0 Å². The van der Waals surface area contributed by atoms with E-state index in [9.17, 15) is 0 Å². The molecule has 0 aliphatic carbocycles. The highest BCUT2D eigenvalue weighted by atomic mass is 35.5. The van der Waals surface area contributed by atoms with Crippen LogP contribution in [0.1, 0.15) is 18.1 Å². The zero-order valence-electron chi connectivity index (χ0n) is 11.4. The minimum atomic E-state index is 0.0369. The lowest BCUT2D eigenvalue weighted by atomic mass is 10.2. The summed E-state index contributed by atoms with van der Waals surface area (Å²) < 4.78 is 5.76. The Morgan fingerprint density at radius 2 is 1.71 bits per heavy atom. The Bertz CT molecular complexity index is 730. The Hall–Kier alpha value is -1.78. The molecule has 0 amide bonds. The van der Waals surface area contributed by atoms with Gasteiger partial charge in [0.05, 0.1) is 10.3 Å². The Balaban J connectivity index is 1.79. The molecule has 5 heteroatoms. The molecule has 0 radical (unpaired) electrons. The van der Waals surface area contributed by atoms with E-state index in [2.05, 4.69) is 10.2 Å². The SMILES string of the molecule is C[C@@H](Sc1ccccc1Cl)c1nnc(-c2ccccc2)o1. The Morgan fingerprint density at radius 3 is 2.48 bits per heavy atom. The van der Waals surface area contributed by atoms with Gasteiger partial charge in [0.25, 0.3) is 0 Å². The van der Waals surface area contributed by atoms with Crippen LogP contribution in [0.2, 0.25) is 5.02 Å². The van der Waals surface area contributed by atoms with Gasteiger partial charge >= 0.3 is 0 Å². The fourth-order valence-corrected chi connectivity index (χ4v) is 3.06. The average Bonchev–Trinajstić information content (AvgIpc) is 3.00. The van der Waals surface area contributed by atoms with Crippen molar-refractivity contribution in [2.24, 2.45) is 0 Å². The van der Waals surface area contributed by atoms with Gasteiger partial charge in [-0.25, -0.2) is 0 Å². The molecule has 3 rings (SSSR count). The maximum atomic E-state index is 6.17. The number of nitrogens with zero attached hydrogens (tertiary/aromatic N) is 2. The van der Waals surface area contributed by atoms with Gasteiger partial charge in [0.1, 0.15) is 0 Å². The molecule has 2 aromatic carbocycles. The third-order valence-corrected chi connectivity index (χ3v) is 4.56. The topological polar surface area (TPSA) is 38.9 Å². The summed E-state index contributed by atoms with van der Waals surface area (Å²) in [5, 5.41) is 9.02. The largest absolute Gasteiger partial charge is 0.419 e. The number of rotatable bonds is 4. The lowest BCUT2D eigenvalue weighted by Gasteiger charge is -2.07. The van der Waals surface area contributed by atoms with Crippen molar-refractivity contribution in [3.8, 4) is 11.5 Å². The first-order valence-corrected chi connectivity index (χ1v) is 7.80. The zero-order chi connectivity index (χ0) is 14.7. The molecule has 1 heterocycles. The second-order valence-electron chi connectivity index (χ2n) is 4.50. The molecule has 0 saturated carbocycles. The Kier molecular flexibility index (Phi) is 4.27. The molecular weight excluding hydrogens is 304 g/mol. The second-order valence-corrected chi connectivity index (χ2v) is 6.29. The van der Waals surface area contributed by atoms with Crippen LogP contribution in [0, 0.1) is 0 Å². The van der Waals surface area contributed by atoms with Crippen LogP contribution < -0.4 is 0 Å². The highest BCUT2D eigenvalue weighted by Crippen LogP contribution is 2.38. The zero-order valence-corrected chi connectivity index (χ0v) is 12.9. The molecule has 21 heavy (non-hydrogen) atoms. The first-order valence-electron chi connectivity index (χ1n) is 6.54. The highest BCUT2D eigenvalue weighted by Gasteiger charge is 2.17. The van der Waals surface area contributed by atoms with Gasteiger partial charge in [0.15, 0.2) is 0 Å². The van der Waals surface area contributed by atoms with E-state index in [1.807, 2.05) is 61.5 Å². The molecule has 0 fully saturated rings. The van der Waals surface area contributed by atoms with Crippen LogP contribution in [0.3, 0.4) is 0 Å². The summed E-state index contributed by atoms with van der Waals surface area (Å²) in [6, 6.07) is 17.5. The van der Waals surface area contributed by atoms with Crippen molar-refractivity contribution in [3.63, 3.8) is 0 Å². The van der Waals surface area contributed by atoms with Gasteiger partial charge in [-0.1, -0.05) is 41.9 Å². The maximum absolute atomic E-state index is 6.17. The fraction of sp³-hybridized carbons (Fsp3) is 0.125. The molecule has 1 atom stereocenters. The molecule has 1 aromatic heterocycles. The van der Waals surface area contributed by atoms with Gasteiger partial charge < -0.3 is 4.42 Å². The summed E-state index contributed by atoms with van der Waals surface area (Å²) >= 11 is 7.77. The van der Waals surface area contributed by atoms with Crippen molar-refractivity contribution in [2.75, 3.05) is 0 Å². The Labute approximate surface area is 132 Å². The maximum Gasteiger partial charge on any atom is 0.247 e. The minimum absolute atomic E-state index is 0.0369. The average molecular weight is 317 g/mol. The van der Waals surface area contributed by atoms with E-state index in [0.29, 0.717) is 11.8 Å². The summed E-state index contributed by atoms with van der Waals surface area (Å²) in [7, 11) is 0. The lowest BCUT2D eigenvalue weighted by molar-refractivity contribution is 0.509. The van der Waals surface area contributed by atoms with Gasteiger partial charge in [-0.2, -0.15) is 0 Å². The molecule has 0 aliphatic rings. The first-order chi connectivity index (χ1) is 10.2. The second kappa shape index (κ2) is 6.33. The van der Waals surface area contributed by atoms with E-state index in [-0.39, 0.29) is 5.25 Å². The molecule has 0 spiro atoms. The Morgan fingerprint density at radius 1 is 1.00 bits per heavy atom. The summed E-state index contributed by atoms with van der Waals surface area (Å²) in [4.78, 5) is 1.01. The standard InChI is InChI=1S/C16H13ClN2OS/c1-11(21-14-10-6-5-9-13(14)17)15-18-19-16(20-15)12-7-3-2-4-8-12/h2-11H,1H3/t11-/m1/s1. The molecule has 3 aromatic rings. The van der Waals surface area contributed by atoms with Crippen LogP contribution in [0.15, 0.2) is 63.9 Å². The molecule has 3 nitrogen and oxygen atoms in total. The number of hydrogen-bond acceptors (Lipinski definition) is 4. The monoisotopic (exact) mass is 316 g/mol. The molecular formula is C16H13ClN2OS. The van der Waals surface area contributed by atoms with Crippen LogP contribution in [-0.2, 0) is 0 Å². The van der Waals surface area contributed by atoms with Crippen molar-refractivity contribution in [1.82, 2.24) is 10.2 Å². The van der Waals surface area contributed by atoms with E-state index in [1.165, 1.54) is 0 Å². The highest BCUT2D eigenvalue weighted by molar-refractivity contribution is 7.99. The number of hydrogen-bond donors (Lipinski definition) is 0. The summed E-state index contributed by atoms with van der Waals surface area (Å²) in [6.45, 7) is 2.02. The fourth-order valence-electron chi connectivity index (χ4n) is 1.88. The summed E-state index contributed by atoms with van der Waals surface area (Å²) in [6.07, 6.45) is 0. The number of thioether (sulfide) groups is 1. The van der Waals surface area contributed by atoms with E-state index in [1.54, 1.807) is 11.8 Å². The van der Waals surface area contributed by atoms with Crippen LogP contribution in [0.4, 0.5) is 0 Å². The van der Waals surface area contributed by atoms with E-state index >= 15 is 0 Å². The van der Waals surface area contributed by atoms with E-state index in [0.717, 1.165) is 15.5 Å². The number of halogens is 1. The van der Waals surface area contributed by atoms with Crippen molar-refractivity contribution in [1.29, 1.82) is 0 Å². The first kappa shape index (κ1) is 14.2. The van der Waals surface area contributed by atoms with Crippen LogP contribution in [0.5, 0.6) is 0 Å². The summed E-state index contributed by atoms with van der Waals surface area (Å²) in [5.74, 6) is 1.14. The molecule has 0 unspecified atom stereocenters. The van der Waals surface area contributed by atoms with Gasteiger partial charge in [-0.3, -0.25) is 0 Å². The van der Waals surface area contributed by atoms with Crippen LogP contribution >= 0.6 is 23.4 Å². The van der Waals surface area contributed by atoms with Gasteiger partial charge in [-0.05, 0) is 31.2 Å². The third-order valence-electron chi connectivity index (χ3n) is 2.95. The number of aromatic nitrogens is 2. The van der Waals surface area contributed by atoms with Crippen molar-refractivity contribution in [3.05, 3.63) is 65.5 Å². The van der Waals surface area contributed by atoms with E-state index < -0.39 is 0 Å². The molecule has 0 saturated heterocycles. The van der Waals surface area contributed by atoms with Crippen molar-refractivity contribution >= 4 is 23.4 Å². The minimum Gasteiger partial charge on any atom is -0.419 e. The molecule has 0 bridgehead atoms. The molecule has 106 valence electrons. The lowest BCUT2D eigenvalue weighted by Crippen LogP contribution is -1.88. The normalized spacial score (nSPS) is 12.3. The number of benzene rings is 2. The molecule has 0 aliphatic heterocycles. The van der Waals surface area contributed by atoms with Crippen LogP contribution in [0.25, 0.3) is 11.5 Å². The van der Waals surface area contributed by atoms with E-state index in [4.69, 9.17) is 16.0 Å². The van der Waals surface area contributed by atoms with Gasteiger partial charge in [0.2, 0.25) is 11.8 Å². The third kappa shape index (κ3) is 3.28. The van der Waals surface area contributed by atoms with Crippen molar-refractivity contribution < 1.29 is 4.42 Å². The predicted molar refractivity (Wildman–Crippen MR) is 85.5 cm³/mol.